The SMILES string of the molecule is CC(C)NCC(C(=O)O)N(C)C. The lowest BCUT2D eigenvalue weighted by atomic mass is 10.2. The van der Waals surface area contributed by atoms with Crippen LogP contribution < -0.4 is 5.32 Å². The summed E-state index contributed by atoms with van der Waals surface area (Å²) in [5.41, 5.74) is 0. The first-order valence-corrected chi connectivity index (χ1v) is 4.07. The van der Waals surface area contributed by atoms with Crippen LogP contribution in [0.15, 0.2) is 0 Å². The van der Waals surface area contributed by atoms with E-state index in [2.05, 4.69) is 5.32 Å². The Morgan fingerprint density at radius 3 is 2.25 bits per heavy atom. The molecule has 0 radical (unpaired) electrons. The van der Waals surface area contributed by atoms with E-state index >= 15 is 0 Å². The number of likely N-dealkylation sites (N-methyl/N-ethyl adjacent to an activating group) is 1. The Balaban J connectivity index is 3.88. The van der Waals surface area contributed by atoms with Crippen molar-refractivity contribution in [2.75, 3.05) is 20.6 Å². The average Bonchev–Trinajstić information content (AvgIpc) is 1.84. The van der Waals surface area contributed by atoms with Crippen molar-refractivity contribution < 1.29 is 9.90 Å². The fourth-order valence-electron chi connectivity index (χ4n) is 0.838. The minimum Gasteiger partial charge on any atom is -0.480 e. The van der Waals surface area contributed by atoms with Crippen molar-refractivity contribution in [2.24, 2.45) is 0 Å². The standard InChI is InChI=1S/C8H18N2O2/c1-6(2)9-5-7(8(11)12)10(3)4/h6-7,9H,5H2,1-4H3,(H,11,12). The van der Waals surface area contributed by atoms with Crippen molar-refractivity contribution in [1.29, 1.82) is 0 Å². The highest BCUT2D eigenvalue weighted by Gasteiger charge is 2.18. The molecule has 0 heterocycles. The maximum atomic E-state index is 10.7. The smallest absolute Gasteiger partial charge is 0.322 e. The van der Waals surface area contributed by atoms with Crippen LogP contribution in [-0.4, -0.2) is 48.7 Å². The second-order valence-electron chi connectivity index (χ2n) is 3.38. The molecule has 0 aromatic rings. The normalized spacial score (nSPS) is 13.8. The fourth-order valence-corrected chi connectivity index (χ4v) is 0.838. The van der Waals surface area contributed by atoms with Crippen molar-refractivity contribution >= 4 is 5.97 Å². The lowest BCUT2D eigenvalue weighted by Gasteiger charge is -2.21. The first-order valence-electron chi connectivity index (χ1n) is 4.07. The first kappa shape index (κ1) is 11.4. The molecule has 72 valence electrons. The van der Waals surface area contributed by atoms with E-state index < -0.39 is 12.0 Å². The molecule has 0 fully saturated rings. The van der Waals surface area contributed by atoms with Gasteiger partial charge in [0.15, 0.2) is 0 Å². The van der Waals surface area contributed by atoms with Crippen LogP contribution in [0.1, 0.15) is 13.8 Å². The Labute approximate surface area is 73.6 Å². The van der Waals surface area contributed by atoms with Crippen LogP contribution in [0, 0.1) is 0 Å². The average molecular weight is 174 g/mol. The van der Waals surface area contributed by atoms with Crippen molar-refractivity contribution in [1.82, 2.24) is 10.2 Å². The molecular formula is C8H18N2O2. The van der Waals surface area contributed by atoms with Gasteiger partial charge in [-0.2, -0.15) is 0 Å². The van der Waals surface area contributed by atoms with E-state index in [0.717, 1.165) is 0 Å². The number of rotatable bonds is 5. The van der Waals surface area contributed by atoms with E-state index in [9.17, 15) is 4.79 Å². The van der Waals surface area contributed by atoms with Gasteiger partial charge in [0.1, 0.15) is 6.04 Å². The molecule has 0 spiro atoms. The first-order chi connectivity index (χ1) is 5.45. The number of nitrogens with one attached hydrogen (secondary N) is 1. The lowest BCUT2D eigenvalue weighted by Crippen LogP contribution is -2.45. The van der Waals surface area contributed by atoms with Gasteiger partial charge < -0.3 is 10.4 Å². The van der Waals surface area contributed by atoms with Crippen molar-refractivity contribution in [3.8, 4) is 0 Å². The number of carbonyl (C=O) groups is 1. The van der Waals surface area contributed by atoms with E-state index in [0.29, 0.717) is 12.6 Å². The zero-order valence-corrected chi connectivity index (χ0v) is 8.16. The Hall–Kier alpha value is -0.610. The molecule has 0 saturated heterocycles. The van der Waals surface area contributed by atoms with Crippen LogP contribution in [-0.2, 0) is 4.79 Å². The summed E-state index contributed by atoms with van der Waals surface area (Å²) in [7, 11) is 3.53. The number of carboxylic acid groups (broad SMARTS) is 1. The molecule has 0 saturated carbocycles. The molecule has 0 aliphatic carbocycles. The molecule has 1 unspecified atom stereocenters. The van der Waals surface area contributed by atoms with Gasteiger partial charge in [-0.3, -0.25) is 9.69 Å². The predicted molar refractivity (Wildman–Crippen MR) is 48.2 cm³/mol. The lowest BCUT2D eigenvalue weighted by molar-refractivity contribution is -0.142. The number of nitrogens with zero attached hydrogens (tertiary/aromatic N) is 1. The number of aliphatic carboxylic acids is 1. The molecule has 0 rings (SSSR count). The van der Waals surface area contributed by atoms with Gasteiger partial charge in [0.2, 0.25) is 0 Å². The van der Waals surface area contributed by atoms with Gasteiger partial charge in [0, 0.05) is 12.6 Å². The van der Waals surface area contributed by atoms with Crippen LogP contribution in [0.3, 0.4) is 0 Å². The minimum absolute atomic E-state index is 0.326. The molecule has 0 aliphatic rings. The maximum Gasteiger partial charge on any atom is 0.322 e. The van der Waals surface area contributed by atoms with Gasteiger partial charge in [0.25, 0.3) is 0 Å². The fraction of sp³-hybridized carbons (Fsp3) is 0.875. The molecule has 0 aromatic heterocycles. The van der Waals surface area contributed by atoms with Gasteiger partial charge in [-0.25, -0.2) is 0 Å². The molecule has 1 atom stereocenters. The molecule has 12 heavy (non-hydrogen) atoms. The van der Waals surface area contributed by atoms with E-state index in [1.165, 1.54) is 0 Å². The van der Waals surface area contributed by atoms with Crippen molar-refractivity contribution in [2.45, 2.75) is 25.9 Å². The highest BCUT2D eigenvalue weighted by Crippen LogP contribution is 1.92. The molecular weight excluding hydrogens is 156 g/mol. The van der Waals surface area contributed by atoms with Gasteiger partial charge in [-0.05, 0) is 14.1 Å². The molecule has 0 amide bonds. The zero-order chi connectivity index (χ0) is 9.72. The van der Waals surface area contributed by atoms with Crippen LogP contribution >= 0.6 is 0 Å². The molecule has 4 nitrogen and oxygen atoms in total. The topological polar surface area (TPSA) is 52.6 Å². The van der Waals surface area contributed by atoms with E-state index in [1.807, 2.05) is 13.8 Å². The van der Waals surface area contributed by atoms with E-state index in [4.69, 9.17) is 5.11 Å². The maximum absolute atomic E-state index is 10.7. The third-order valence-corrected chi connectivity index (χ3v) is 1.63. The largest absolute Gasteiger partial charge is 0.480 e. The Morgan fingerprint density at radius 1 is 1.50 bits per heavy atom. The monoisotopic (exact) mass is 174 g/mol. The number of carboxylic acids is 1. The zero-order valence-electron chi connectivity index (χ0n) is 8.16. The summed E-state index contributed by atoms with van der Waals surface area (Å²) in [5.74, 6) is -0.784. The van der Waals surface area contributed by atoms with Crippen molar-refractivity contribution in [3.05, 3.63) is 0 Å². The summed E-state index contributed by atoms with van der Waals surface area (Å²) < 4.78 is 0. The summed E-state index contributed by atoms with van der Waals surface area (Å²) in [6.07, 6.45) is 0. The Kier molecular flexibility index (Phi) is 4.85. The van der Waals surface area contributed by atoms with Gasteiger partial charge in [-0.1, -0.05) is 13.8 Å². The summed E-state index contributed by atoms with van der Waals surface area (Å²) in [6, 6.07) is -0.112. The highest BCUT2D eigenvalue weighted by atomic mass is 16.4. The van der Waals surface area contributed by atoms with Gasteiger partial charge in [-0.15, -0.1) is 0 Å². The second-order valence-corrected chi connectivity index (χ2v) is 3.38. The third-order valence-electron chi connectivity index (χ3n) is 1.63. The number of hydrogen-bond acceptors (Lipinski definition) is 3. The summed E-state index contributed by atoms with van der Waals surface area (Å²) in [5, 5.41) is 11.9. The molecule has 0 aliphatic heterocycles. The second kappa shape index (κ2) is 5.11. The van der Waals surface area contributed by atoms with Crippen LogP contribution in [0.25, 0.3) is 0 Å². The van der Waals surface area contributed by atoms with Gasteiger partial charge in [0.05, 0.1) is 0 Å². The number of hydrogen-bond donors (Lipinski definition) is 2. The summed E-state index contributed by atoms with van der Waals surface area (Å²) >= 11 is 0. The molecule has 2 N–H and O–H groups in total. The van der Waals surface area contributed by atoms with Gasteiger partial charge >= 0.3 is 5.97 Å². The minimum atomic E-state index is -0.784. The van der Waals surface area contributed by atoms with Crippen LogP contribution in [0.5, 0.6) is 0 Å². The van der Waals surface area contributed by atoms with Crippen molar-refractivity contribution in [3.63, 3.8) is 0 Å². The van der Waals surface area contributed by atoms with Crippen LogP contribution in [0.2, 0.25) is 0 Å². The quantitative estimate of drug-likeness (QED) is 0.616. The third kappa shape index (κ3) is 4.31. The Bertz CT molecular complexity index is 146. The highest BCUT2D eigenvalue weighted by molar-refractivity contribution is 5.73. The van der Waals surface area contributed by atoms with E-state index in [-0.39, 0.29) is 0 Å². The van der Waals surface area contributed by atoms with E-state index in [1.54, 1.807) is 19.0 Å². The molecule has 0 aromatic carbocycles. The Morgan fingerprint density at radius 2 is 2.00 bits per heavy atom. The predicted octanol–water partition coefficient (Wildman–Crippen LogP) is -0.000800. The summed E-state index contributed by atoms with van der Waals surface area (Å²) in [4.78, 5) is 12.4. The van der Waals surface area contributed by atoms with Crippen LogP contribution in [0.4, 0.5) is 0 Å². The molecule has 4 heteroatoms. The summed E-state index contributed by atoms with van der Waals surface area (Å²) in [6.45, 7) is 4.48. The molecule has 0 bridgehead atoms.